The zero-order valence-corrected chi connectivity index (χ0v) is 15.1. The summed E-state index contributed by atoms with van der Waals surface area (Å²) in [5, 5.41) is 1.82. The quantitative estimate of drug-likeness (QED) is 0.629. The van der Waals surface area contributed by atoms with Crippen LogP contribution in [0.1, 0.15) is 18.0 Å². The molecule has 4 heteroatoms. The number of carbonyl (C=O) groups is 1. The Morgan fingerprint density at radius 3 is 2.11 bits per heavy atom. The molecule has 1 aliphatic heterocycles. The third-order valence-corrected chi connectivity index (χ3v) is 4.84. The third kappa shape index (κ3) is 3.57. The first kappa shape index (κ1) is 17.3. The van der Waals surface area contributed by atoms with E-state index in [1.165, 1.54) is 12.7 Å². The average Bonchev–Trinajstić information content (AvgIpc) is 3.20. The summed E-state index contributed by atoms with van der Waals surface area (Å²) in [6.45, 7) is 0. The van der Waals surface area contributed by atoms with E-state index >= 15 is 0 Å². The topological polar surface area (TPSA) is 38.8 Å². The van der Waals surface area contributed by atoms with E-state index in [-0.39, 0.29) is 12.0 Å². The molecular formula is C23H21NO3. The summed E-state index contributed by atoms with van der Waals surface area (Å²) in [5.41, 5.74) is 4.36. The maximum Gasteiger partial charge on any atom is 0.337 e. The molecule has 3 aromatic rings. The lowest BCUT2D eigenvalue weighted by Crippen LogP contribution is -2.25. The number of hydrogen-bond donors (Lipinski definition) is 0. The number of para-hydroxylation sites is 1. The minimum Gasteiger partial charge on any atom is -0.467 e. The Hall–Kier alpha value is -3.11. The Morgan fingerprint density at radius 2 is 1.48 bits per heavy atom. The van der Waals surface area contributed by atoms with Crippen LogP contribution >= 0.6 is 0 Å². The van der Waals surface area contributed by atoms with E-state index in [4.69, 9.17) is 9.57 Å². The van der Waals surface area contributed by atoms with Crippen LogP contribution in [0, 0.1) is 0 Å². The van der Waals surface area contributed by atoms with Crippen molar-refractivity contribution in [3.05, 3.63) is 90.5 Å². The lowest BCUT2D eigenvalue weighted by molar-refractivity contribution is -0.151. The van der Waals surface area contributed by atoms with E-state index in [0.29, 0.717) is 6.42 Å². The van der Waals surface area contributed by atoms with E-state index in [2.05, 4.69) is 36.4 Å². The van der Waals surface area contributed by atoms with E-state index in [9.17, 15) is 4.79 Å². The second kappa shape index (κ2) is 7.64. The third-order valence-electron chi connectivity index (χ3n) is 4.84. The zero-order valence-electron chi connectivity index (χ0n) is 15.1. The summed E-state index contributed by atoms with van der Waals surface area (Å²) < 4.78 is 4.89. The first-order valence-corrected chi connectivity index (χ1v) is 9.00. The van der Waals surface area contributed by atoms with Crippen molar-refractivity contribution in [3.63, 3.8) is 0 Å². The smallest absolute Gasteiger partial charge is 0.337 e. The molecule has 0 radical (unpaired) electrons. The van der Waals surface area contributed by atoms with Gasteiger partial charge in [0.15, 0.2) is 6.10 Å². The second-order valence-electron chi connectivity index (χ2n) is 6.52. The molecule has 3 aromatic carbocycles. The predicted octanol–water partition coefficient (Wildman–Crippen LogP) is 4.78. The highest BCUT2D eigenvalue weighted by Crippen LogP contribution is 2.38. The SMILES string of the molecule is COC(=O)C1CC(c2ccc(-c3ccccc3)cc2)N(c2ccccc2)O1. The van der Waals surface area contributed by atoms with Crippen molar-refractivity contribution in [3.8, 4) is 11.1 Å². The van der Waals surface area contributed by atoms with Crippen LogP contribution in [0.4, 0.5) is 5.69 Å². The van der Waals surface area contributed by atoms with E-state index in [1.807, 2.05) is 53.6 Å². The van der Waals surface area contributed by atoms with Gasteiger partial charge >= 0.3 is 5.97 Å². The molecule has 0 amide bonds. The van der Waals surface area contributed by atoms with Gasteiger partial charge in [-0.15, -0.1) is 0 Å². The van der Waals surface area contributed by atoms with Crippen molar-refractivity contribution in [1.29, 1.82) is 0 Å². The maximum absolute atomic E-state index is 12.0. The first-order valence-electron chi connectivity index (χ1n) is 9.00. The summed E-state index contributed by atoms with van der Waals surface area (Å²) in [6.07, 6.45) is -0.0549. The molecule has 4 rings (SSSR count). The normalized spacial score (nSPS) is 19.1. The fourth-order valence-corrected chi connectivity index (χ4v) is 3.44. The molecule has 2 atom stereocenters. The van der Waals surface area contributed by atoms with Crippen molar-refractivity contribution < 1.29 is 14.4 Å². The molecular weight excluding hydrogens is 338 g/mol. The molecule has 1 heterocycles. The summed E-state index contributed by atoms with van der Waals surface area (Å²) in [4.78, 5) is 18.0. The first-order chi connectivity index (χ1) is 13.3. The molecule has 1 fully saturated rings. The molecule has 1 saturated heterocycles. The highest BCUT2D eigenvalue weighted by Gasteiger charge is 2.39. The van der Waals surface area contributed by atoms with Crippen LogP contribution in [-0.4, -0.2) is 19.2 Å². The van der Waals surface area contributed by atoms with Crippen LogP contribution in [0.25, 0.3) is 11.1 Å². The van der Waals surface area contributed by atoms with Gasteiger partial charge < -0.3 is 4.74 Å². The Balaban J connectivity index is 1.64. The molecule has 27 heavy (non-hydrogen) atoms. The molecule has 0 bridgehead atoms. The van der Waals surface area contributed by atoms with Crippen molar-refractivity contribution in [1.82, 2.24) is 0 Å². The van der Waals surface area contributed by atoms with Crippen LogP contribution in [0.15, 0.2) is 84.9 Å². The zero-order chi connectivity index (χ0) is 18.6. The van der Waals surface area contributed by atoms with Gasteiger partial charge in [0.1, 0.15) is 0 Å². The molecule has 0 aromatic heterocycles. The van der Waals surface area contributed by atoms with Gasteiger partial charge in [0, 0.05) is 6.42 Å². The number of esters is 1. The van der Waals surface area contributed by atoms with Crippen molar-refractivity contribution in [2.45, 2.75) is 18.6 Å². The van der Waals surface area contributed by atoms with Gasteiger partial charge in [-0.05, 0) is 28.8 Å². The fraction of sp³-hybridized carbons (Fsp3) is 0.174. The average molecular weight is 359 g/mol. The molecule has 2 unspecified atom stereocenters. The van der Waals surface area contributed by atoms with Gasteiger partial charge in [-0.3, -0.25) is 4.84 Å². The number of carbonyl (C=O) groups excluding carboxylic acids is 1. The Morgan fingerprint density at radius 1 is 0.889 bits per heavy atom. The maximum atomic E-state index is 12.0. The fourth-order valence-electron chi connectivity index (χ4n) is 3.44. The van der Waals surface area contributed by atoms with Gasteiger partial charge in [-0.25, -0.2) is 9.86 Å². The molecule has 0 aliphatic carbocycles. The van der Waals surface area contributed by atoms with Gasteiger partial charge in [0.05, 0.1) is 18.8 Å². The minimum atomic E-state index is -0.603. The Labute approximate surface area is 158 Å². The Kier molecular flexibility index (Phi) is 4.90. The van der Waals surface area contributed by atoms with Gasteiger partial charge in [-0.1, -0.05) is 72.8 Å². The van der Waals surface area contributed by atoms with Gasteiger partial charge in [-0.2, -0.15) is 0 Å². The number of hydrogen-bond acceptors (Lipinski definition) is 4. The number of benzene rings is 3. The molecule has 1 aliphatic rings. The highest BCUT2D eigenvalue weighted by molar-refractivity contribution is 5.75. The molecule has 136 valence electrons. The predicted molar refractivity (Wildman–Crippen MR) is 105 cm³/mol. The second-order valence-corrected chi connectivity index (χ2v) is 6.52. The molecule has 4 nitrogen and oxygen atoms in total. The van der Waals surface area contributed by atoms with Crippen LogP contribution in [0.5, 0.6) is 0 Å². The van der Waals surface area contributed by atoms with Gasteiger partial charge in [0.2, 0.25) is 0 Å². The number of methoxy groups -OCH3 is 1. The van der Waals surface area contributed by atoms with Crippen LogP contribution in [-0.2, 0) is 14.4 Å². The van der Waals surface area contributed by atoms with Crippen molar-refractivity contribution in [2.75, 3.05) is 12.2 Å². The number of nitrogens with zero attached hydrogens (tertiary/aromatic N) is 1. The van der Waals surface area contributed by atoms with Crippen LogP contribution < -0.4 is 5.06 Å². The van der Waals surface area contributed by atoms with Gasteiger partial charge in [0.25, 0.3) is 0 Å². The molecule has 0 N–H and O–H groups in total. The summed E-state index contributed by atoms with van der Waals surface area (Å²) >= 11 is 0. The molecule has 0 spiro atoms. The monoisotopic (exact) mass is 359 g/mol. The number of anilines is 1. The van der Waals surface area contributed by atoms with Crippen molar-refractivity contribution in [2.24, 2.45) is 0 Å². The summed E-state index contributed by atoms with van der Waals surface area (Å²) in [7, 11) is 1.39. The largest absolute Gasteiger partial charge is 0.467 e. The highest BCUT2D eigenvalue weighted by atomic mass is 16.7. The minimum absolute atomic E-state index is 0.0543. The molecule has 0 saturated carbocycles. The summed E-state index contributed by atoms with van der Waals surface area (Å²) in [5.74, 6) is -0.348. The van der Waals surface area contributed by atoms with Crippen LogP contribution in [0.2, 0.25) is 0 Å². The Bertz CT molecular complexity index is 894. The number of rotatable bonds is 4. The van der Waals surface area contributed by atoms with E-state index in [0.717, 1.165) is 16.8 Å². The number of ether oxygens (including phenoxy) is 1. The standard InChI is InChI=1S/C23H21NO3/c1-26-23(25)22-16-21(24(27-22)20-10-6-3-7-11-20)19-14-12-18(13-15-19)17-8-4-2-5-9-17/h2-15,21-22H,16H2,1H3. The lowest BCUT2D eigenvalue weighted by Gasteiger charge is -2.25. The van der Waals surface area contributed by atoms with E-state index in [1.54, 1.807) is 0 Å². The van der Waals surface area contributed by atoms with Crippen molar-refractivity contribution >= 4 is 11.7 Å². The lowest BCUT2D eigenvalue weighted by atomic mass is 9.97. The van der Waals surface area contributed by atoms with Crippen LogP contribution in [0.3, 0.4) is 0 Å². The van der Waals surface area contributed by atoms with E-state index < -0.39 is 6.10 Å². The summed E-state index contributed by atoms with van der Waals surface area (Å²) in [6, 6.07) is 28.5. The number of hydroxylamine groups is 1.